The summed E-state index contributed by atoms with van der Waals surface area (Å²) in [5, 5.41) is 9.39. The van der Waals surface area contributed by atoms with E-state index in [2.05, 4.69) is 31.9 Å². The number of fused-ring (bicyclic) bond motifs is 3. The van der Waals surface area contributed by atoms with Crippen molar-refractivity contribution < 1.29 is 9.90 Å². The molecule has 1 aliphatic rings. The van der Waals surface area contributed by atoms with Crippen LogP contribution >= 0.6 is 31.9 Å². The first-order chi connectivity index (χ1) is 9.11. The molecule has 2 aromatic carbocycles. The molecule has 19 heavy (non-hydrogen) atoms. The van der Waals surface area contributed by atoms with Crippen molar-refractivity contribution in [1.82, 2.24) is 0 Å². The Morgan fingerprint density at radius 2 is 1.58 bits per heavy atom. The average Bonchev–Trinajstić information content (AvgIpc) is 2.44. The normalized spacial score (nSPS) is 20.5. The Labute approximate surface area is 127 Å². The molecule has 2 aromatic rings. The van der Waals surface area contributed by atoms with Gasteiger partial charge in [-0.05, 0) is 22.8 Å². The van der Waals surface area contributed by atoms with Gasteiger partial charge in [0, 0.05) is 5.56 Å². The first kappa shape index (κ1) is 12.9. The fourth-order valence-corrected chi connectivity index (χ4v) is 3.91. The molecule has 3 rings (SSSR count). The van der Waals surface area contributed by atoms with Crippen molar-refractivity contribution in [1.29, 1.82) is 0 Å². The van der Waals surface area contributed by atoms with Gasteiger partial charge in [-0.15, -0.1) is 0 Å². The SMILES string of the molecule is O=C(O)c1cccc2c1-c1ccccc1[C@H](Br)[C@@H]2Br. The maximum Gasteiger partial charge on any atom is 0.336 e. The van der Waals surface area contributed by atoms with Crippen molar-refractivity contribution in [2.75, 3.05) is 0 Å². The summed E-state index contributed by atoms with van der Waals surface area (Å²) in [4.78, 5) is 11.6. The maximum absolute atomic E-state index is 11.4. The minimum Gasteiger partial charge on any atom is -0.478 e. The van der Waals surface area contributed by atoms with Crippen LogP contribution in [0.5, 0.6) is 0 Å². The van der Waals surface area contributed by atoms with Gasteiger partial charge in [-0.3, -0.25) is 0 Å². The van der Waals surface area contributed by atoms with E-state index in [1.165, 1.54) is 0 Å². The van der Waals surface area contributed by atoms with Gasteiger partial charge in [-0.2, -0.15) is 0 Å². The van der Waals surface area contributed by atoms with E-state index in [1.54, 1.807) is 12.1 Å². The number of rotatable bonds is 1. The first-order valence-corrected chi connectivity index (χ1v) is 7.68. The standard InChI is InChI=1S/C15H10Br2O2/c16-13-9-5-2-1-4-8(9)12-10(14(13)17)6-3-7-11(12)15(18)19/h1-7,13-14H,(H,18,19)/t13-,14+/m0/s1. The predicted molar refractivity (Wildman–Crippen MR) is 82.2 cm³/mol. The zero-order chi connectivity index (χ0) is 13.6. The summed E-state index contributed by atoms with van der Waals surface area (Å²) in [6, 6.07) is 13.4. The number of carboxylic acid groups (broad SMARTS) is 1. The lowest BCUT2D eigenvalue weighted by Crippen LogP contribution is -2.12. The molecule has 0 spiro atoms. The largest absolute Gasteiger partial charge is 0.478 e. The molecule has 1 N–H and O–H groups in total. The molecule has 0 fully saturated rings. The quantitative estimate of drug-likeness (QED) is 0.710. The molecular weight excluding hydrogens is 372 g/mol. The summed E-state index contributed by atoms with van der Waals surface area (Å²) in [5.41, 5.74) is 4.30. The number of halogens is 2. The van der Waals surface area contributed by atoms with Gasteiger partial charge in [-0.25, -0.2) is 4.79 Å². The lowest BCUT2D eigenvalue weighted by molar-refractivity contribution is 0.0697. The van der Waals surface area contributed by atoms with Gasteiger partial charge in [0.15, 0.2) is 0 Å². The molecule has 96 valence electrons. The van der Waals surface area contributed by atoms with Crippen molar-refractivity contribution in [2.24, 2.45) is 0 Å². The fourth-order valence-electron chi connectivity index (χ4n) is 2.56. The Hall–Kier alpha value is -1.13. The van der Waals surface area contributed by atoms with Gasteiger partial charge in [-0.1, -0.05) is 68.3 Å². The lowest BCUT2D eigenvalue weighted by Gasteiger charge is -2.29. The van der Waals surface area contributed by atoms with Gasteiger partial charge in [0.1, 0.15) is 0 Å². The third-order valence-corrected chi connectivity index (χ3v) is 6.16. The minimum absolute atomic E-state index is 0.0664. The van der Waals surface area contributed by atoms with Gasteiger partial charge in [0.05, 0.1) is 15.2 Å². The Bertz CT molecular complexity index is 667. The molecule has 0 aliphatic heterocycles. The highest BCUT2D eigenvalue weighted by atomic mass is 79.9. The van der Waals surface area contributed by atoms with Crippen molar-refractivity contribution in [3.63, 3.8) is 0 Å². The molecule has 4 heteroatoms. The van der Waals surface area contributed by atoms with Crippen LogP contribution in [0.1, 0.15) is 31.1 Å². The second-order valence-corrected chi connectivity index (χ2v) is 6.44. The highest BCUT2D eigenvalue weighted by Crippen LogP contribution is 2.53. The molecule has 0 amide bonds. The number of alkyl halides is 2. The van der Waals surface area contributed by atoms with E-state index < -0.39 is 5.97 Å². The summed E-state index contributed by atoms with van der Waals surface area (Å²) >= 11 is 7.36. The topological polar surface area (TPSA) is 37.3 Å². The first-order valence-electron chi connectivity index (χ1n) is 5.85. The number of hydrogen-bond acceptors (Lipinski definition) is 1. The number of carbonyl (C=O) groups is 1. The van der Waals surface area contributed by atoms with Crippen LogP contribution in [-0.2, 0) is 0 Å². The Morgan fingerprint density at radius 1 is 0.947 bits per heavy atom. The molecule has 2 atom stereocenters. The van der Waals surface area contributed by atoms with Crippen LogP contribution in [0, 0.1) is 0 Å². The third-order valence-electron chi connectivity index (χ3n) is 3.41. The van der Waals surface area contributed by atoms with E-state index in [-0.39, 0.29) is 9.65 Å². The average molecular weight is 382 g/mol. The van der Waals surface area contributed by atoms with Crippen LogP contribution in [0.25, 0.3) is 11.1 Å². The molecule has 0 aromatic heterocycles. The molecule has 0 radical (unpaired) electrons. The van der Waals surface area contributed by atoms with Gasteiger partial charge < -0.3 is 5.11 Å². The van der Waals surface area contributed by atoms with Crippen LogP contribution in [0.3, 0.4) is 0 Å². The lowest BCUT2D eigenvalue weighted by atomic mass is 9.83. The summed E-state index contributed by atoms with van der Waals surface area (Å²) in [6.07, 6.45) is 0. The Morgan fingerprint density at radius 3 is 2.32 bits per heavy atom. The van der Waals surface area contributed by atoms with Crippen LogP contribution in [0.2, 0.25) is 0 Å². The number of carboxylic acids is 1. The number of benzene rings is 2. The summed E-state index contributed by atoms with van der Waals surface area (Å²) in [7, 11) is 0. The molecule has 0 saturated carbocycles. The van der Waals surface area contributed by atoms with Crippen LogP contribution in [0.15, 0.2) is 42.5 Å². The summed E-state index contributed by atoms with van der Waals surface area (Å²) < 4.78 is 0. The van der Waals surface area contributed by atoms with Crippen molar-refractivity contribution in [2.45, 2.75) is 9.65 Å². The van der Waals surface area contributed by atoms with Crippen LogP contribution in [-0.4, -0.2) is 11.1 Å². The predicted octanol–water partition coefficient (Wildman–Crippen LogP) is 4.94. The van der Waals surface area contributed by atoms with Crippen LogP contribution in [0.4, 0.5) is 0 Å². The highest BCUT2D eigenvalue weighted by Gasteiger charge is 2.32. The van der Waals surface area contributed by atoms with E-state index in [9.17, 15) is 9.90 Å². The van der Waals surface area contributed by atoms with E-state index in [0.29, 0.717) is 5.56 Å². The van der Waals surface area contributed by atoms with E-state index >= 15 is 0 Å². The van der Waals surface area contributed by atoms with E-state index in [4.69, 9.17) is 0 Å². The molecule has 0 saturated heterocycles. The molecule has 0 unspecified atom stereocenters. The monoisotopic (exact) mass is 380 g/mol. The smallest absolute Gasteiger partial charge is 0.336 e. The highest BCUT2D eigenvalue weighted by molar-refractivity contribution is 9.12. The summed E-state index contributed by atoms with van der Waals surface area (Å²) in [6.45, 7) is 0. The Balaban J connectivity index is 2.38. The van der Waals surface area contributed by atoms with Gasteiger partial charge >= 0.3 is 5.97 Å². The Kier molecular flexibility index (Phi) is 3.23. The van der Waals surface area contributed by atoms with Gasteiger partial charge in [0.25, 0.3) is 0 Å². The maximum atomic E-state index is 11.4. The molecule has 1 aliphatic carbocycles. The minimum atomic E-state index is -0.889. The third kappa shape index (κ3) is 1.94. The molecule has 0 heterocycles. The van der Waals surface area contributed by atoms with E-state index in [0.717, 1.165) is 22.3 Å². The summed E-state index contributed by atoms with van der Waals surface area (Å²) in [5.74, 6) is -0.889. The van der Waals surface area contributed by atoms with E-state index in [1.807, 2.05) is 30.3 Å². The fraction of sp³-hybridized carbons (Fsp3) is 0.133. The van der Waals surface area contributed by atoms with Gasteiger partial charge in [0.2, 0.25) is 0 Å². The molecule has 0 bridgehead atoms. The zero-order valence-electron chi connectivity index (χ0n) is 9.81. The second-order valence-electron chi connectivity index (χ2n) is 4.47. The van der Waals surface area contributed by atoms with Crippen molar-refractivity contribution in [3.05, 3.63) is 59.2 Å². The number of hydrogen-bond donors (Lipinski definition) is 1. The zero-order valence-corrected chi connectivity index (χ0v) is 13.0. The van der Waals surface area contributed by atoms with Crippen molar-refractivity contribution >= 4 is 37.8 Å². The second kappa shape index (κ2) is 4.76. The van der Waals surface area contributed by atoms with Crippen molar-refractivity contribution in [3.8, 4) is 11.1 Å². The molecule has 2 nitrogen and oxygen atoms in total. The number of aromatic carboxylic acids is 1. The van der Waals surface area contributed by atoms with Crippen LogP contribution < -0.4 is 0 Å². The molecular formula is C15H10Br2O2.